The molecule has 7 nitrogen and oxygen atoms in total. The topological polar surface area (TPSA) is 99.8 Å². The predicted octanol–water partition coefficient (Wildman–Crippen LogP) is 1.66. The van der Waals surface area contributed by atoms with Gasteiger partial charge < -0.3 is 10.2 Å². The predicted molar refractivity (Wildman–Crippen MR) is 76.8 cm³/mol. The lowest BCUT2D eigenvalue weighted by atomic mass is 9.97. The van der Waals surface area contributed by atoms with Crippen LogP contribution in [-0.2, 0) is 18.4 Å². The van der Waals surface area contributed by atoms with Crippen molar-refractivity contribution in [3.05, 3.63) is 29.5 Å². The molecule has 0 radical (unpaired) electrons. The lowest BCUT2D eigenvalue weighted by molar-refractivity contribution is 0.0990. The standard InChI is InChI=1S/C14H21N5O2/c1-5-6-10-17-12(11(15)20)18-19(10)7-9-8-21-13(16-9)14(2,3)4/h8H,5-7H2,1-4H3,(H2,15,20). The van der Waals surface area contributed by atoms with Crippen molar-refractivity contribution in [2.45, 2.75) is 52.5 Å². The Morgan fingerprint density at radius 3 is 2.62 bits per heavy atom. The molecule has 0 bridgehead atoms. The van der Waals surface area contributed by atoms with Crippen LogP contribution in [0.25, 0.3) is 0 Å². The van der Waals surface area contributed by atoms with E-state index < -0.39 is 5.91 Å². The van der Waals surface area contributed by atoms with E-state index in [1.807, 2.05) is 27.7 Å². The Morgan fingerprint density at radius 1 is 1.38 bits per heavy atom. The van der Waals surface area contributed by atoms with Crippen molar-refractivity contribution in [2.24, 2.45) is 5.73 Å². The van der Waals surface area contributed by atoms with E-state index in [2.05, 4.69) is 15.1 Å². The smallest absolute Gasteiger partial charge is 0.288 e. The van der Waals surface area contributed by atoms with Gasteiger partial charge in [0.15, 0.2) is 5.89 Å². The molecule has 7 heteroatoms. The average Bonchev–Trinajstić information content (AvgIpc) is 2.97. The maximum atomic E-state index is 11.2. The monoisotopic (exact) mass is 291 g/mol. The number of aryl methyl sites for hydroxylation is 1. The van der Waals surface area contributed by atoms with Gasteiger partial charge in [0.05, 0.1) is 6.54 Å². The van der Waals surface area contributed by atoms with Crippen molar-refractivity contribution >= 4 is 5.91 Å². The largest absolute Gasteiger partial charge is 0.448 e. The molecular weight excluding hydrogens is 270 g/mol. The van der Waals surface area contributed by atoms with Crippen LogP contribution in [0.1, 0.15) is 62.1 Å². The Kier molecular flexibility index (Phi) is 4.11. The molecule has 114 valence electrons. The van der Waals surface area contributed by atoms with E-state index in [1.165, 1.54) is 0 Å². The van der Waals surface area contributed by atoms with Crippen LogP contribution >= 0.6 is 0 Å². The van der Waals surface area contributed by atoms with Crippen LogP contribution in [0.5, 0.6) is 0 Å². The molecule has 0 saturated carbocycles. The fourth-order valence-electron chi connectivity index (χ4n) is 1.89. The van der Waals surface area contributed by atoms with Crippen molar-refractivity contribution < 1.29 is 9.21 Å². The van der Waals surface area contributed by atoms with E-state index in [0.717, 1.165) is 24.4 Å². The van der Waals surface area contributed by atoms with E-state index in [1.54, 1.807) is 10.9 Å². The lowest BCUT2D eigenvalue weighted by Crippen LogP contribution is -2.14. The number of carbonyl (C=O) groups excluding carboxylic acids is 1. The van der Waals surface area contributed by atoms with Gasteiger partial charge in [-0.2, -0.15) is 0 Å². The highest BCUT2D eigenvalue weighted by Gasteiger charge is 2.21. The highest BCUT2D eigenvalue weighted by atomic mass is 16.3. The zero-order valence-electron chi connectivity index (χ0n) is 12.9. The van der Waals surface area contributed by atoms with Gasteiger partial charge in [-0.3, -0.25) is 4.79 Å². The van der Waals surface area contributed by atoms with Gasteiger partial charge in [-0.1, -0.05) is 27.7 Å². The number of hydrogen-bond donors (Lipinski definition) is 1. The van der Waals surface area contributed by atoms with Crippen LogP contribution in [0.3, 0.4) is 0 Å². The Morgan fingerprint density at radius 2 is 2.10 bits per heavy atom. The molecule has 0 spiro atoms. The molecule has 0 saturated heterocycles. The summed E-state index contributed by atoms with van der Waals surface area (Å²) in [4.78, 5) is 19.8. The molecule has 0 unspecified atom stereocenters. The van der Waals surface area contributed by atoms with Crippen LogP contribution < -0.4 is 5.73 Å². The lowest BCUT2D eigenvalue weighted by Gasteiger charge is -2.11. The minimum atomic E-state index is -0.623. The molecule has 2 aromatic rings. The molecule has 0 fully saturated rings. The average molecular weight is 291 g/mol. The van der Waals surface area contributed by atoms with Gasteiger partial charge in [-0.25, -0.2) is 14.6 Å². The molecule has 0 aliphatic carbocycles. The molecule has 1 amide bonds. The van der Waals surface area contributed by atoms with Gasteiger partial charge in [0.1, 0.15) is 17.8 Å². The summed E-state index contributed by atoms with van der Waals surface area (Å²) < 4.78 is 7.15. The first-order valence-electron chi connectivity index (χ1n) is 6.99. The van der Waals surface area contributed by atoms with E-state index in [4.69, 9.17) is 10.2 Å². The van der Waals surface area contributed by atoms with Crippen LogP contribution in [0.15, 0.2) is 10.7 Å². The number of primary amides is 1. The highest BCUT2D eigenvalue weighted by molar-refractivity contribution is 5.88. The first-order chi connectivity index (χ1) is 9.81. The van der Waals surface area contributed by atoms with E-state index in [-0.39, 0.29) is 11.2 Å². The summed E-state index contributed by atoms with van der Waals surface area (Å²) in [6.45, 7) is 8.55. The summed E-state index contributed by atoms with van der Waals surface area (Å²) in [5, 5.41) is 4.14. The van der Waals surface area contributed by atoms with Crippen LogP contribution in [0.2, 0.25) is 0 Å². The molecule has 0 aliphatic heterocycles. The van der Waals surface area contributed by atoms with Crippen LogP contribution in [0, 0.1) is 0 Å². The number of carbonyl (C=O) groups is 1. The molecule has 0 aliphatic rings. The minimum Gasteiger partial charge on any atom is -0.448 e. The van der Waals surface area contributed by atoms with E-state index in [0.29, 0.717) is 12.4 Å². The number of hydrogen-bond acceptors (Lipinski definition) is 5. The number of oxazole rings is 1. The number of rotatable bonds is 5. The summed E-state index contributed by atoms with van der Waals surface area (Å²) in [5.74, 6) is 0.816. The third-order valence-corrected chi connectivity index (χ3v) is 2.95. The van der Waals surface area contributed by atoms with E-state index in [9.17, 15) is 4.79 Å². The summed E-state index contributed by atoms with van der Waals surface area (Å²) >= 11 is 0. The number of aromatic nitrogens is 4. The zero-order valence-corrected chi connectivity index (χ0v) is 12.9. The normalized spacial score (nSPS) is 11.8. The Balaban J connectivity index is 2.26. The van der Waals surface area contributed by atoms with Gasteiger partial charge in [0.2, 0.25) is 5.82 Å². The fraction of sp³-hybridized carbons (Fsp3) is 0.571. The van der Waals surface area contributed by atoms with Crippen molar-refractivity contribution in [1.29, 1.82) is 0 Å². The quantitative estimate of drug-likeness (QED) is 0.903. The molecule has 2 heterocycles. The van der Waals surface area contributed by atoms with Gasteiger partial charge in [0, 0.05) is 11.8 Å². The summed E-state index contributed by atoms with van der Waals surface area (Å²) in [6, 6.07) is 0. The number of amides is 1. The molecule has 0 aromatic carbocycles. The van der Waals surface area contributed by atoms with Crippen LogP contribution in [-0.4, -0.2) is 25.7 Å². The molecule has 2 N–H and O–H groups in total. The zero-order chi connectivity index (χ0) is 15.6. The van der Waals surface area contributed by atoms with Gasteiger partial charge in [-0.15, -0.1) is 5.10 Å². The first-order valence-corrected chi connectivity index (χ1v) is 6.99. The minimum absolute atomic E-state index is 0.0398. The van der Waals surface area contributed by atoms with Gasteiger partial charge in [0.25, 0.3) is 5.91 Å². The highest BCUT2D eigenvalue weighted by Crippen LogP contribution is 2.21. The fourth-order valence-corrected chi connectivity index (χ4v) is 1.89. The van der Waals surface area contributed by atoms with Crippen molar-refractivity contribution in [2.75, 3.05) is 0 Å². The summed E-state index contributed by atoms with van der Waals surface area (Å²) in [7, 11) is 0. The van der Waals surface area contributed by atoms with Crippen molar-refractivity contribution in [3.63, 3.8) is 0 Å². The van der Waals surface area contributed by atoms with Gasteiger partial charge >= 0.3 is 0 Å². The molecule has 2 aromatic heterocycles. The second kappa shape index (κ2) is 5.67. The Hall–Kier alpha value is -2.18. The number of nitrogens with zero attached hydrogens (tertiary/aromatic N) is 4. The first kappa shape index (κ1) is 15.2. The third kappa shape index (κ3) is 3.48. The summed E-state index contributed by atoms with van der Waals surface area (Å²) in [6.07, 6.45) is 3.25. The van der Waals surface area contributed by atoms with Crippen molar-refractivity contribution in [1.82, 2.24) is 19.7 Å². The second-order valence-electron chi connectivity index (χ2n) is 6.02. The Labute approximate surface area is 123 Å². The summed E-state index contributed by atoms with van der Waals surface area (Å²) in [5.41, 5.74) is 5.84. The molecular formula is C14H21N5O2. The maximum absolute atomic E-state index is 11.2. The van der Waals surface area contributed by atoms with Gasteiger partial charge in [-0.05, 0) is 6.42 Å². The molecule has 21 heavy (non-hydrogen) atoms. The maximum Gasteiger partial charge on any atom is 0.288 e. The SMILES string of the molecule is CCCc1nc(C(N)=O)nn1Cc1coc(C(C)(C)C)n1. The molecule has 2 rings (SSSR count). The van der Waals surface area contributed by atoms with E-state index >= 15 is 0 Å². The van der Waals surface area contributed by atoms with Crippen LogP contribution in [0.4, 0.5) is 0 Å². The second-order valence-corrected chi connectivity index (χ2v) is 6.02. The van der Waals surface area contributed by atoms with Crippen molar-refractivity contribution in [3.8, 4) is 0 Å². The third-order valence-electron chi connectivity index (χ3n) is 2.95. The number of nitrogens with two attached hydrogens (primary N) is 1. The Bertz CT molecular complexity index is 636. The molecule has 0 atom stereocenters.